The van der Waals surface area contributed by atoms with Crippen LogP contribution in [0.1, 0.15) is 0 Å². The van der Waals surface area contributed by atoms with Crippen molar-refractivity contribution in [1.29, 1.82) is 0 Å². The zero-order chi connectivity index (χ0) is 15.1. The number of carbonyl (C=O) groups excluding carboxylic acids is 1. The molecule has 0 spiro atoms. The largest absolute Gasteiger partial charge is 0.487 e. The highest BCUT2D eigenvalue weighted by molar-refractivity contribution is 6.32. The van der Waals surface area contributed by atoms with Crippen molar-refractivity contribution >= 4 is 23.2 Å². The number of nitrogens with one attached hydrogen (secondary N) is 2. The molecule has 0 aliphatic carbocycles. The summed E-state index contributed by atoms with van der Waals surface area (Å²) in [6.45, 7) is 2.56. The maximum Gasteiger partial charge on any atom is 0.254 e. The van der Waals surface area contributed by atoms with Gasteiger partial charge in [-0.15, -0.1) is 0 Å². The Balaban J connectivity index is 2.04. The Kier molecular flexibility index (Phi) is 6.25. The van der Waals surface area contributed by atoms with Crippen molar-refractivity contribution in [2.24, 2.45) is 0 Å². The lowest BCUT2D eigenvalue weighted by Crippen LogP contribution is -2.45. The number of hydrogen-bond acceptors (Lipinski definition) is 5. The summed E-state index contributed by atoms with van der Waals surface area (Å²) in [5.74, 6) is 0.217. The molecule has 1 unspecified atom stereocenters. The molecule has 1 aliphatic rings. The predicted octanol–water partition coefficient (Wildman–Crippen LogP) is 1.29. The van der Waals surface area contributed by atoms with E-state index >= 15 is 0 Å². The lowest BCUT2D eigenvalue weighted by atomic mass is 10.2. The summed E-state index contributed by atoms with van der Waals surface area (Å²) < 4.78 is 15.9. The van der Waals surface area contributed by atoms with Gasteiger partial charge in [-0.2, -0.15) is 0 Å². The summed E-state index contributed by atoms with van der Waals surface area (Å²) in [5, 5.41) is 6.34. The summed E-state index contributed by atoms with van der Waals surface area (Å²) in [5.41, 5.74) is 0.526. The van der Waals surface area contributed by atoms with E-state index in [-0.39, 0.29) is 5.91 Å². The summed E-state index contributed by atoms with van der Waals surface area (Å²) >= 11 is 6.12. The van der Waals surface area contributed by atoms with Gasteiger partial charge in [-0.25, -0.2) is 0 Å². The third kappa shape index (κ3) is 4.57. The van der Waals surface area contributed by atoms with Crippen LogP contribution < -0.4 is 15.4 Å². The molecule has 1 atom stereocenters. The van der Waals surface area contributed by atoms with Crippen LogP contribution in [0.15, 0.2) is 18.2 Å². The van der Waals surface area contributed by atoms with Crippen molar-refractivity contribution in [3.63, 3.8) is 0 Å². The molecule has 1 aliphatic heterocycles. The topological polar surface area (TPSA) is 68.8 Å². The lowest BCUT2D eigenvalue weighted by molar-refractivity contribution is -0.128. The average Bonchev–Trinajstić information content (AvgIpc) is 2.51. The average molecular weight is 315 g/mol. The van der Waals surface area contributed by atoms with Crippen molar-refractivity contribution in [3.05, 3.63) is 23.2 Å². The molecule has 116 valence electrons. The third-order valence-corrected chi connectivity index (χ3v) is 3.28. The van der Waals surface area contributed by atoms with Crippen molar-refractivity contribution in [2.45, 2.75) is 6.10 Å². The number of rotatable bonds is 6. The van der Waals surface area contributed by atoms with Crippen LogP contribution in [0.4, 0.5) is 5.69 Å². The standard InChI is InChI=1S/C14H19ClN2O4/c1-19-7-8-21-13-10(15)3-2-4-11(13)17-14(18)12-9-16-5-6-20-12/h2-4,12,16H,5-9H2,1H3,(H,17,18). The predicted molar refractivity (Wildman–Crippen MR) is 80.1 cm³/mol. The van der Waals surface area contributed by atoms with Crippen LogP contribution in [0.5, 0.6) is 5.75 Å². The Morgan fingerprint density at radius 2 is 2.38 bits per heavy atom. The number of morpholine rings is 1. The number of halogens is 1. The fraction of sp³-hybridized carbons (Fsp3) is 0.500. The van der Waals surface area contributed by atoms with E-state index < -0.39 is 6.10 Å². The van der Waals surface area contributed by atoms with Crippen LogP contribution >= 0.6 is 11.6 Å². The van der Waals surface area contributed by atoms with Crippen molar-refractivity contribution in [3.8, 4) is 5.75 Å². The van der Waals surface area contributed by atoms with E-state index in [9.17, 15) is 4.79 Å². The molecule has 0 bridgehead atoms. The second-order valence-corrected chi connectivity index (χ2v) is 4.92. The normalized spacial score (nSPS) is 18.3. The SMILES string of the molecule is COCCOc1c(Cl)cccc1NC(=O)C1CNCCO1. The quantitative estimate of drug-likeness (QED) is 0.775. The molecular weight excluding hydrogens is 296 g/mol. The molecule has 1 aromatic rings. The fourth-order valence-corrected chi connectivity index (χ4v) is 2.16. The van der Waals surface area contributed by atoms with E-state index in [0.29, 0.717) is 42.8 Å². The maximum atomic E-state index is 12.2. The molecule has 0 radical (unpaired) electrons. The van der Waals surface area contributed by atoms with Gasteiger partial charge in [0.05, 0.1) is 23.9 Å². The highest BCUT2D eigenvalue weighted by Crippen LogP contribution is 2.33. The molecule has 1 saturated heterocycles. The van der Waals surface area contributed by atoms with E-state index in [1.54, 1.807) is 25.3 Å². The van der Waals surface area contributed by atoms with Crippen molar-refractivity contribution < 1.29 is 19.0 Å². The van der Waals surface area contributed by atoms with Gasteiger partial charge in [0.25, 0.3) is 5.91 Å². The minimum atomic E-state index is -0.510. The number of para-hydroxylation sites is 1. The first-order chi connectivity index (χ1) is 10.2. The van der Waals surface area contributed by atoms with E-state index in [1.165, 1.54) is 0 Å². The molecule has 7 heteroatoms. The van der Waals surface area contributed by atoms with Gasteiger partial charge in [-0.3, -0.25) is 4.79 Å². The molecule has 2 rings (SSSR count). The minimum absolute atomic E-state index is 0.221. The Hall–Kier alpha value is -1.34. The molecule has 1 heterocycles. The summed E-state index contributed by atoms with van der Waals surface area (Å²) in [6.07, 6.45) is -0.510. The van der Waals surface area contributed by atoms with E-state index in [0.717, 1.165) is 6.54 Å². The maximum absolute atomic E-state index is 12.2. The molecule has 1 amide bonds. The smallest absolute Gasteiger partial charge is 0.254 e. The minimum Gasteiger partial charge on any atom is -0.487 e. The molecule has 1 aromatic carbocycles. The van der Waals surface area contributed by atoms with E-state index in [2.05, 4.69) is 10.6 Å². The monoisotopic (exact) mass is 314 g/mol. The Labute approximate surface area is 128 Å². The van der Waals surface area contributed by atoms with Gasteiger partial charge in [-0.05, 0) is 12.1 Å². The molecule has 0 saturated carbocycles. The van der Waals surface area contributed by atoms with Gasteiger partial charge in [0, 0.05) is 20.2 Å². The van der Waals surface area contributed by atoms with Crippen molar-refractivity contribution in [1.82, 2.24) is 5.32 Å². The highest BCUT2D eigenvalue weighted by Gasteiger charge is 2.23. The first-order valence-corrected chi connectivity index (χ1v) is 7.13. The molecule has 0 aromatic heterocycles. The number of methoxy groups -OCH3 is 1. The summed E-state index contributed by atoms with van der Waals surface area (Å²) in [4.78, 5) is 12.2. The second-order valence-electron chi connectivity index (χ2n) is 4.51. The van der Waals surface area contributed by atoms with Crippen LogP contribution in [0.2, 0.25) is 5.02 Å². The number of benzene rings is 1. The number of amides is 1. The molecule has 21 heavy (non-hydrogen) atoms. The van der Waals surface area contributed by atoms with Gasteiger partial charge >= 0.3 is 0 Å². The lowest BCUT2D eigenvalue weighted by Gasteiger charge is -2.23. The molecular formula is C14H19ClN2O4. The highest BCUT2D eigenvalue weighted by atomic mass is 35.5. The number of anilines is 1. The van der Waals surface area contributed by atoms with E-state index in [1.807, 2.05) is 0 Å². The first-order valence-electron chi connectivity index (χ1n) is 6.76. The molecule has 2 N–H and O–H groups in total. The van der Waals surface area contributed by atoms with Gasteiger partial charge in [-0.1, -0.05) is 17.7 Å². The zero-order valence-electron chi connectivity index (χ0n) is 11.9. The van der Waals surface area contributed by atoms with Gasteiger partial charge in [0.2, 0.25) is 0 Å². The summed E-state index contributed by atoms with van der Waals surface area (Å²) in [7, 11) is 1.59. The van der Waals surface area contributed by atoms with Gasteiger partial charge < -0.3 is 24.8 Å². The number of ether oxygens (including phenoxy) is 3. The Morgan fingerprint density at radius 3 is 3.10 bits per heavy atom. The zero-order valence-corrected chi connectivity index (χ0v) is 12.6. The first kappa shape index (κ1) is 16.0. The van der Waals surface area contributed by atoms with Crippen LogP contribution in [0, 0.1) is 0 Å². The summed E-state index contributed by atoms with van der Waals surface area (Å²) in [6, 6.07) is 5.20. The second kappa shape index (κ2) is 8.19. The number of carbonyl (C=O) groups is 1. The third-order valence-electron chi connectivity index (χ3n) is 2.98. The van der Waals surface area contributed by atoms with Crippen LogP contribution in [0.25, 0.3) is 0 Å². The van der Waals surface area contributed by atoms with Crippen LogP contribution in [0.3, 0.4) is 0 Å². The molecule has 1 fully saturated rings. The van der Waals surface area contributed by atoms with E-state index in [4.69, 9.17) is 25.8 Å². The fourth-order valence-electron chi connectivity index (χ4n) is 1.93. The van der Waals surface area contributed by atoms with Gasteiger partial charge in [0.15, 0.2) is 5.75 Å². The van der Waals surface area contributed by atoms with Gasteiger partial charge in [0.1, 0.15) is 12.7 Å². The van der Waals surface area contributed by atoms with Crippen LogP contribution in [-0.4, -0.2) is 52.0 Å². The number of hydrogen-bond donors (Lipinski definition) is 2. The van der Waals surface area contributed by atoms with Crippen LogP contribution in [-0.2, 0) is 14.3 Å². The molecule has 6 nitrogen and oxygen atoms in total. The Bertz CT molecular complexity index is 478. The van der Waals surface area contributed by atoms with Crippen molar-refractivity contribution in [2.75, 3.05) is 45.3 Å². The Morgan fingerprint density at radius 1 is 1.52 bits per heavy atom.